The van der Waals surface area contributed by atoms with Gasteiger partial charge in [0.05, 0.1) is 7.11 Å². The number of ether oxygens (including phenoxy) is 1. The number of rotatable bonds is 7. The minimum atomic E-state index is 0.497. The molecule has 0 unspecified atom stereocenters. The van der Waals surface area contributed by atoms with Gasteiger partial charge in [-0.05, 0) is 73.8 Å². The van der Waals surface area contributed by atoms with Crippen LogP contribution in [0.3, 0.4) is 0 Å². The Labute approximate surface area is 190 Å². The van der Waals surface area contributed by atoms with E-state index in [1.54, 1.807) is 7.11 Å². The fourth-order valence-electron chi connectivity index (χ4n) is 4.53. The van der Waals surface area contributed by atoms with Gasteiger partial charge >= 0.3 is 0 Å². The molecule has 5 nitrogen and oxygen atoms in total. The maximum Gasteiger partial charge on any atom is 0.169 e. The summed E-state index contributed by atoms with van der Waals surface area (Å²) in [5.41, 5.74) is 4.85. The number of aryl methyl sites for hydroxylation is 1. The van der Waals surface area contributed by atoms with Crippen molar-refractivity contribution in [2.75, 3.05) is 13.7 Å². The van der Waals surface area contributed by atoms with Crippen molar-refractivity contribution in [3.63, 3.8) is 0 Å². The summed E-state index contributed by atoms with van der Waals surface area (Å²) in [6.07, 6.45) is 11.0. The lowest BCUT2D eigenvalue weighted by molar-refractivity contribution is 0.368. The molecule has 31 heavy (non-hydrogen) atoms. The van der Waals surface area contributed by atoms with E-state index < -0.39 is 0 Å². The van der Waals surface area contributed by atoms with Crippen molar-refractivity contribution in [1.29, 1.82) is 0 Å². The highest BCUT2D eigenvalue weighted by atomic mass is 32.1. The van der Waals surface area contributed by atoms with Crippen molar-refractivity contribution >= 4 is 28.2 Å². The first-order valence-corrected chi connectivity index (χ1v) is 11.6. The second-order valence-electron chi connectivity index (χ2n) is 8.46. The number of nitrogens with one attached hydrogen (secondary N) is 2. The molecule has 2 N–H and O–H groups in total. The molecule has 6 heteroatoms. The number of fused-ring (bicyclic) bond motifs is 1. The van der Waals surface area contributed by atoms with Crippen LogP contribution in [0.15, 0.2) is 42.7 Å². The second-order valence-corrected chi connectivity index (χ2v) is 8.84. The number of hydrogen-bond donors (Lipinski definition) is 2. The van der Waals surface area contributed by atoms with Crippen LogP contribution in [0.4, 0.5) is 0 Å². The number of thiocarbonyl (C=S) groups is 1. The summed E-state index contributed by atoms with van der Waals surface area (Å²) in [6.45, 7) is 3.75. The molecule has 3 aromatic rings. The van der Waals surface area contributed by atoms with Crippen LogP contribution in [0.25, 0.3) is 10.9 Å². The molecule has 0 atom stereocenters. The van der Waals surface area contributed by atoms with E-state index in [1.165, 1.54) is 54.3 Å². The lowest BCUT2D eigenvalue weighted by Crippen LogP contribution is -2.45. The molecule has 0 aliphatic heterocycles. The zero-order valence-corrected chi connectivity index (χ0v) is 19.3. The summed E-state index contributed by atoms with van der Waals surface area (Å²) in [5, 5.41) is 5.73. The minimum Gasteiger partial charge on any atom is -0.497 e. The van der Waals surface area contributed by atoms with E-state index >= 15 is 0 Å². The molecule has 1 aromatic carbocycles. The van der Waals surface area contributed by atoms with Crippen LogP contribution in [-0.4, -0.2) is 39.7 Å². The zero-order valence-electron chi connectivity index (χ0n) is 18.5. The SMILES string of the molecule is COc1ccc2[nH]c(C)c(CCN(Cc3cccnc3)C(=S)NC3CCCCC3)c2c1. The topological polar surface area (TPSA) is 53.2 Å². The van der Waals surface area contributed by atoms with E-state index in [9.17, 15) is 0 Å². The van der Waals surface area contributed by atoms with Gasteiger partial charge in [-0.3, -0.25) is 4.98 Å². The normalized spacial score (nSPS) is 14.5. The van der Waals surface area contributed by atoms with Gasteiger partial charge in [-0.25, -0.2) is 0 Å². The Morgan fingerprint density at radius 3 is 2.84 bits per heavy atom. The first kappa shape index (κ1) is 21.6. The molecule has 4 rings (SSSR count). The van der Waals surface area contributed by atoms with Gasteiger partial charge in [0.1, 0.15) is 5.75 Å². The predicted molar refractivity (Wildman–Crippen MR) is 131 cm³/mol. The molecule has 1 aliphatic carbocycles. The number of pyridine rings is 1. The zero-order chi connectivity index (χ0) is 21.6. The third-order valence-corrected chi connectivity index (χ3v) is 6.65. The molecule has 0 radical (unpaired) electrons. The molecule has 1 fully saturated rings. The van der Waals surface area contributed by atoms with E-state index in [0.717, 1.165) is 35.9 Å². The van der Waals surface area contributed by atoms with Crippen molar-refractivity contribution in [2.24, 2.45) is 0 Å². The van der Waals surface area contributed by atoms with Crippen LogP contribution in [0.1, 0.15) is 48.9 Å². The van der Waals surface area contributed by atoms with Crippen LogP contribution in [0.5, 0.6) is 5.75 Å². The molecule has 2 heterocycles. The molecule has 1 aliphatic rings. The lowest BCUT2D eigenvalue weighted by atomic mass is 9.96. The van der Waals surface area contributed by atoms with Crippen molar-refractivity contribution in [3.8, 4) is 5.75 Å². The highest BCUT2D eigenvalue weighted by Gasteiger charge is 2.19. The van der Waals surface area contributed by atoms with Crippen LogP contribution < -0.4 is 10.1 Å². The Hall–Kier alpha value is -2.60. The number of H-pyrrole nitrogens is 1. The molecule has 0 spiro atoms. The van der Waals surface area contributed by atoms with Crippen molar-refractivity contribution in [1.82, 2.24) is 20.2 Å². The first-order chi connectivity index (χ1) is 15.1. The minimum absolute atomic E-state index is 0.497. The van der Waals surface area contributed by atoms with E-state index in [0.29, 0.717) is 6.04 Å². The summed E-state index contributed by atoms with van der Waals surface area (Å²) in [6, 6.07) is 10.8. The maximum absolute atomic E-state index is 5.89. The number of nitrogens with zero attached hydrogens (tertiary/aromatic N) is 2. The van der Waals surface area contributed by atoms with Gasteiger partial charge in [0.2, 0.25) is 0 Å². The molecule has 0 amide bonds. The highest BCUT2D eigenvalue weighted by molar-refractivity contribution is 7.80. The Balaban J connectivity index is 1.52. The molecule has 2 aromatic heterocycles. The Kier molecular flexibility index (Phi) is 7.07. The monoisotopic (exact) mass is 436 g/mol. The largest absolute Gasteiger partial charge is 0.497 e. The average molecular weight is 437 g/mol. The van der Waals surface area contributed by atoms with Crippen LogP contribution in [0.2, 0.25) is 0 Å². The van der Waals surface area contributed by atoms with Crippen LogP contribution in [-0.2, 0) is 13.0 Å². The first-order valence-electron chi connectivity index (χ1n) is 11.2. The molecular weight excluding hydrogens is 404 g/mol. The van der Waals surface area contributed by atoms with E-state index in [1.807, 2.05) is 24.5 Å². The molecule has 164 valence electrons. The third-order valence-electron chi connectivity index (χ3n) is 6.27. The second kappa shape index (κ2) is 10.1. The van der Waals surface area contributed by atoms with Gasteiger partial charge in [0, 0.05) is 48.1 Å². The van der Waals surface area contributed by atoms with Crippen molar-refractivity contribution in [2.45, 2.75) is 58.0 Å². The number of aromatic amines is 1. The summed E-state index contributed by atoms with van der Waals surface area (Å²) in [7, 11) is 1.71. The van der Waals surface area contributed by atoms with Gasteiger partial charge in [0.25, 0.3) is 0 Å². The van der Waals surface area contributed by atoms with Gasteiger partial charge in [-0.15, -0.1) is 0 Å². The third kappa shape index (κ3) is 5.37. The Morgan fingerprint density at radius 2 is 2.10 bits per heavy atom. The fraction of sp³-hybridized carbons (Fsp3) is 0.440. The number of hydrogen-bond acceptors (Lipinski definition) is 3. The molecule has 0 bridgehead atoms. The van der Waals surface area contributed by atoms with Gasteiger partial charge in [0.15, 0.2) is 5.11 Å². The summed E-state index contributed by atoms with van der Waals surface area (Å²) >= 11 is 5.89. The predicted octanol–water partition coefficient (Wildman–Crippen LogP) is 5.13. The maximum atomic E-state index is 5.89. The fourth-order valence-corrected chi connectivity index (χ4v) is 4.86. The smallest absolute Gasteiger partial charge is 0.169 e. The summed E-state index contributed by atoms with van der Waals surface area (Å²) in [5.74, 6) is 0.884. The highest BCUT2D eigenvalue weighted by Crippen LogP contribution is 2.27. The van der Waals surface area contributed by atoms with E-state index in [4.69, 9.17) is 17.0 Å². The Bertz CT molecular complexity index is 1010. The van der Waals surface area contributed by atoms with Gasteiger partial charge in [-0.2, -0.15) is 0 Å². The molecule has 0 saturated heterocycles. The van der Waals surface area contributed by atoms with Gasteiger partial charge in [-0.1, -0.05) is 25.3 Å². The average Bonchev–Trinajstić information content (AvgIpc) is 3.12. The quantitative estimate of drug-likeness (QED) is 0.503. The number of methoxy groups -OCH3 is 1. The van der Waals surface area contributed by atoms with Crippen LogP contribution >= 0.6 is 12.2 Å². The van der Waals surface area contributed by atoms with Crippen LogP contribution in [0, 0.1) is 6.92 Å². The van der Waals surface area contributed by atoms with E-state index in [-0.39, 0.29) is 0 Å². The van der Waals surface area contributed by atoms with Crippen molar-refractivity contribution in [3.05, 3.63) is 59.5 Å². The Morgan fingerprint density at radius 1 is 1.26 bits per heavy atom. The standard InChI is InChI=1S/C25H32N4OS/c1-18-22(23-15-21(30-2)10-11-24(23)27-18)12-14-29(17-19-7-6-13-26-16-19)25(31)28-20-8-4-3-5-9-20/h6-7,10-11,13,15-16,20,27H,3-5,8-9,12,14,17H2,1-2H3,(H,28,31). The lowest BCUT2D eigenvalue weighted by Gasteiger charge is -2.31. The molecule has 1 saturated carbocycles. The van der Waals surface area contributed by atoms with Crippen molar-refractivity contribution < 1.29 is 4.74 Å². The van der Waals surface area contributed by atoms with E-state index in [2.05, 4.69) is 45.3 Å². The number of aromatic nitrogens is 2. The summed E-state index contributed by atoms with van der Waals surface area (Å²) in [4.78, 5) is 10.1. The summed E-state index contributed by atoms with van der Waals surface area (Å²) < 4.78 is 5.45. The number of benzene rings is 1. The van der Waals surface area contributed by atoms with Gasteiger partial charge < -0.3 is 19.9 Å². The molecular formula is C25H32N4OS.